The predicted molar refractivity (Wildman–Crippen MR) is 117 cm³/mol. The maximum atomic E-state index is 11.9. The summed E-state index contributed by atoms with van der Waals surface area (Å²) in [6, 6.07) is 7.80. The first-order chi connectivity index (χ1) is 13.9. The van der Waals surface area contributed by atoms with Gasteiger partial charge in [0, 0.05) is 11.0 Å². The first-order valence-electron chi connectivity index (χ1n) is 9.61. The van der Waals surface area contributed by atoms with E-state index in [0.717, 1.165) is 27.6 Å². The number of benzene rings is 1. The van der Waals surface area contributed by atoms with E-state index in [2.05, 4.69) is 4.98 Å². The summed E-state index contributed by atoms with van der Waals surface area (Å²) in [5.41, 5.74) is 3.62. The predicted octanol–water partition coefficient (Wildman–Crippen LogP) is 5.35. The highest BCUT2D eigenvalue weighted by atomic mass is 32.1. The minimum Gasteiger partial charge on any atom is -0.497 e. The Morgan fingerprint density at radius 1 is 1.24 bits per heavy atom. The third-order valence-electron chi connectivity index (χ3n) is 4.37. The Morgan fingerprint density at radius 2 is 1.97 bits per heavy atom. The number of carbonyl (C=O) groups is 1. The Kier molecular flexibility index (Phi) is 9.09. The molecule has 156 valence electrons. The van der Waals surface area contributed by atoms with Crippen LogP contribution in [0.25, 0.3) is 6.08 Å². The normalized spacial score (nSPS) is 13.3. The number of methoxy groups -OCH3 is 1. The smallest absolute Gasteiger partial charge is 0.333 e. The molecule has 6 heteroatoms. The number of thiazole rings is 1. The lowest BCUT2D eigenvalue weighted by Crippen LogP contribution is -2.15. The highest BCUT2D eigenvalue weighted by Gasteiger charge is 2.13. The van der Waals surface area contributed by atoms with Crippen LogP contribution in [0, 0.1) is 6.92 Å². The second-order valence-electron chi connectivity index (χ2n) is 6.67. The summed E-state index contributed by atoms with van der Waals surface area (Å²) in [4.78, 5) is 16.4. The molecule has 0 aliphatic carbocycles. The molecule has 1 heterocycles. The molecule has 0 spiro atoms. The molecule has 2 rings (SSSR count). The molecule has 0 saturated heterocycles. The zero-order chi connectivity index (χ0) is 21.2. The van der Waals surface area contributed by atoms with Crippen LogP contribution in [-0.4, -0.2) is 30.8 Å². The number of ether oxygens (including phenoxy) is 3. The SMILES string of the molecule is CCOC(=O)/C(C)=C\C[C@H](OCc1ccc(OC)cc1)/C(C)=C/c1csc(C)n1. The van der Waals surface area contributed by atoms with Crippen molar-refractivity contribution in [1.29, 1.82) is 0 Å². The number of nitrogens with zero attached hydrogens (tertiary/aromatic N) is 1. The maximum Gasteiger partial charge on any atom is 0.333 e. The fourth-order valence-corrected chi connectivity index (χ4v) is 3.26. The Labute approximate surface area is 177 Å². The molecule has 1 aromatic heterocycles. The van der Waals surface area contributed by atoms with Crippen LogP contribution in [0.3, 0.4) is 0 Å². The summed E-state index contributed by atoms with van der Waals surface area (Å²) in [6.45, 7) is 8.41. The molecule has 0 aliphatic heterocycles. The summed E-state index contributed by atoms with van der Waals surface area (Å²) in [5.74, 6) is 0.520. The van der Waals surface area contributed by atoms with Crippen molar-refractivity contribution in [2.75, 3.05) is 13.7 Å². The van der Waals surface area contributed by atoms with Gasteiger partial charge in [0.2, 0.25) is 0 Å². The third kappa shape index (κ3) is 7.48. The zero-order valence-corrected chi connectivity index (χ0v) is 18.5. The van der Waals surface area contributed by atoms with E-state index in [4.69, 9.17) is 14.2 Å². The molecule has 1 aromatic carbocycles. The monoisotopic (exact) mass is 415 g/mol. The zero-order valence-electron chi connectivity index (χ0n) is 17.7. The number of carbonyl (C=O) groups excluding carboxylic acids is 1. The van der Waals surface area contributed by atoms with E-state index in [0.29, 0.717) is 25.2 Å². The molecule has 29 heavy (non-hydrogen) atoms. The molecule has 0 unspecified atom stereocenters. The van der Waals surface area contributed by atoms with E-state index in [1.807, 2.05) is 55.6 Å². The molecule has 0 amide bonds. The van der Waals surface area contributed by atoms with E-state index in [1.165, 1.54) is 0 Å². The summed E-state index contributed by atoms with van der Waals surface area (Å²) >= 11 is 1.62. The lowest BCUT2D eigenvalue weighted by Gasteiger charge is -2.18. The highest BCUT2D eigenvalue weighted by Crippen LogP contribution is 2.20. The topological polar surface area (TPSA) is 57.7 Å². The second kappa shape index (κ2) is 11.5. The maximum absolute atomic E-state index is 11.9. The molecule has 0 saturated carbocycles. The summed E-state index contributed by atoms with van der Waals surface area (Å²) in [7, 11) is 1.65. The minimum absolute atomic E-state index is 0.177. The van der Waals surface area contributed by atoms with Crippen LogP contribution in [0.15, 0.2) is 46.9 Å². The standard InChI is InChI=1S/C23H29NO4S/c1-6-27-23(25)16(2)7-12-22(17(3)13-20-15-29-18(4)24-20)28-14-19-8-10-21(26-5)11-9-19/h7-11,13,15,22H,6,12,14H2,1-5H3/b16-7-,17-13+/t22-/m0/s1. The van der Waals surface area contributed by atoms with Gasteiger partial charge in [0.15, 0.2) is 0 Å². The van der Waals surface area contributed by atoms with Crippen LogP contribution in [0.5, 0.6) is 5.75 Å². The van der Waals surface area contributed by atoms with Gasteiger partial charge in [-0.2, -0.15) is 0 Å². The van der Waals surface area contributed by atoms with Crippen LogP contribution < -0.4 is 4.74 Å². The Bertz CT molecular complexity index is 852. The lowest BCUT2D eigenvalue weighted by molar-refractivity contribution is -0.138. The van der Waals surface area contributed by atoms with Gasteiger partial charge in [0.25, 0.3) is 0 Å². The number of hydrogen-bond acceptors (Lipinski definition) is 6. The van der Waals surface area contributed by atoms with Gasteiger partial charge in [-0.15, -0.1) is 11.3 Å². The summed E-state index contributed by atoms with van der Waals surface area (Å²) in [5, 5.41) is 3.05. The van der Waals surface area contributed by atoms with E-state index in [-0.39, 0.29) is 12.1 Å². The van der Waals surface area contributed by atoms with Crippen molar-refractivity contribution in [3.63, 3.8) is 0 Å². The molecule has 0 fully saturated rings. The quantitative estimate of drug-likeness (QED) is 0.387. The Hall–Kier alpha value is -2.44. The average Bonchev–Trinajstić information content (AvgIpc) is 3.12. The van der Waals surface area contributed by atoms with Crippen LogP contribution >= 0.6 is 11.3 Å². The highest BCUT2D eigenvalue weighted by molar-refractivity contribution is 7.09. The molecule has 5 nitrogen and oxygen atoms in total. The molecule has 0 aliphatic rings. The average molecular weight is 416 g/mol. The van der Waals surface area contributed by atoms with E-state index in [1.54, 1.807) is 32.3 Å². The summed E-state index contributed by atoms with van der Waals surface area (Å²) < 4.78 is 16.5. The first kappa shape index (κ1) is 22.8. The molecule has 1 atom stereocenters. The number of hydrogen-bond donors (Lipinski definition) is 0. The minimum atomic E-state index is -0.293. The van der Waals surface area contributed by atoms with Crippen molar-refractivity contribution in [3.05, 3.63) is 63.1 Å². The van der Waals surface area contributed by atoms with Crippen molar-refractivity contribution in [1.82, 2.24) is 4.98 Å². The first-order valence-corrected chi connectivity index (χ1v) is 10.5. The second-order valence-corrected chi connectivity index (χ2v) is 7.73. The van der Waals surface area contributed by atoms with Gasteiger partial charge in [-0.25, -0.2) is 9.78 Å². The number of aryl methyl sites for hydroxylation is 1. The van der Waals surface area contributed by atoms with Gasteiger partial charge in [-0.3, -0.25) is 0 Å². The van der Waals surface area contributed by atoms with Crippen LogP contribution in [0.1, 0.15) is 43.5 Å². The van der Waals surface area contributed by atoms with Crippen molar-refractivity contribution >= 4 is 23.4 Å². The van der Waals surface area contributed by atoms with Crippen LogP contribution in [0.4, 0.5) is 0 Å². The fourth-order valence-electron chi connectivity index (χ4n) is 2.69. The van der Waals surface area contributed by atoms with Crippen molar-refractivity contribution in [2.24, 2.45) is 0 Å². The van der Waals surface area contributed by atoms with E-state index < -0.39 is 0 Å². The molecule has 0 radical (unpaired) electrons. The number of esters is 1. The molecule has 0 N–H and O–H groups in total. The fraction of sp³-hybridized carbons (Fsp3) is 0.391. The van der Waals surface area contributed by atoms with Gasteiger partial charge < -0.3 is 14.2 Å². The summed E-state index contributed by atoms with van der Waals surface area (Å²) in [6.07, 6.45) is 4.31. The van der Waals surface area contributed by atoms with Crippen molar-refractivity contribution < 1.29 is 19.0 Å². The molecule has 2 aromatic rings. The molecular formula is C23H29NO4S. The largest absolute Gasteiger partial charge is 0.497 e. The van der Waals surface area contributed by atoms with E-state index in [9.17, 15) is 4.79 Å². The van der Waals surface area contributed by atoms with Crippen LogP contribution in [0.2, 0.25) is 0 Å². The van der Waals surface area contributed by atoms with Gasteiger partial charge >= 0.3 is 5.97 Å². The number of rotatable bonds is 10. The molecular weight excluding hydrogens is 386 g/mol. The Morgan fingerprint density at radius 3 is 2.55 bits per heavy atom. The van der Waals surface area contributed by atoms with Gasteiger partial charge in [0.1, 0.15) is 5.75 Å². The lowest BCUT2D eigenvalue weighted by atomic mass is 10.1. The van der Waals surface area contributed by atoms with Crippen molar-refractivity contribution in [2.45, 2.75) is 46.8 Å². The molecule has 0 bridgehead atoms. The number of aromatic nitrogens is 1. The van der Waals surface area contributed by atoms with Gasteiger partial charge in [-0.05, 0) is 63.5 Å². The van der Waals surface area contributed by atoms with Gasteiger partial charge in [-0.1, -0.05) is 18.2 Å². The third-order valence-corrected chi connectivity index (χ3v) is 5.16. The Balaban J connectivity index is 2.13. The van der Waals surface area contributed by atoms with Crippen molar-refractivity contribution in [3.8, 4) is 5.75 Å². The van der Waals surface area contributed by atoms with E-state index >= 15 is 0 Å². The van der Waals surface area contributed by atoms with Crippen LogP contribution in [-0.2, 0) is 20.9 Å². The van der Waals surface area contributed by atoms with Gasteiger partial charge in [0.05, 0.1) is 37.1 Å².